The summed E-state index contributed by atoms with van der Waals surface area (Å²) in [4.78, 5) is 38.6. The number of imide groups is 1. The molecule has 0 saturated heterocycles. The van der Waals surface area contributed by atoms with Gasteiger partial charge in [-0.15, -0.1) is 0 Å². The van der Waals surface area contributed by atoms with Crippen molar-refractivity contribution in [1.29, 1.82) is 0 Å². The van der Waals surface area contributed by atoms with E-state index in [1.807, 2.05) is 0 Å². The van der Waals surface area contributed by atoms with Gasteiger partial charge in [0.2, 0.25) is 0 Å². The fraction of sp³-hybridized carbons (Fsp3) is 0.211. The topological polar surface area (TPSA) is 57.7 Å². The number of hydrogen-bond donors (Lipinski definition) is 0. The number of nitrogens with zero attached hydrogens (tertiary/aromatic N) is 2. The van der Waals surface area contributed by atoms with Gasteiger partial charge < -0.3 is 4.90 Å². The monoisotopic (exact) mass is 376 g/mol. The summed E-state index contributed by atoms with van der Waals surface area (Å²) in [6, 6.07) is 9.09. The number of carbonyl (C=O) groups is 3. The Bertz CT molecular complexity index is 953. The Morgan fingerprint density at radius 3 is 2.33 bits per heavy atom. The number of amides is 3. The maximum absolute atomic E-state index is 13.1. The molecule has 0 unspecified atom stereocenters. The van der Waals surface area contributed by atoms with Crippen LogP contribution in [0.4, 0.5) is 13.2 Å². The Morgan fingerprint density at radius 2 is 1.67 bits per heavy atom. The molecule has 0 N–H and O–H groups in total. The molecular formula is C19H15F3N2O3. The lowest BCUT2D eigenvalue weighted by Gasteiger charge is -2.20. The van der Waals surface area contributed by atoms with Gasteiger partial charge in [-0.2, -0.15) is 13.2 Å². The van der Waals surface area contributed by atoms with Crippen LogP contribution in [-0.4, -0.2) is 41.6 Å². The van der Waals surface area contributed by atoms with Crippen molar-refractivity contribution in [3.05, 3.63) is 70.3 Å². The fourth-order valence-corrected chi connectivity index (χ4v) is 2.98. The minimum absolute atomic E-state index is 0.0343. The Balaban J connectivity index is 1.86. The van der Waals surface area contributed by atoms with Gasteiger partial charge in [0.25, 0.3) is 17.7 Å². The number of fused-ring (bicyclic) bond motifs is 1. The number of hydrogen-bond acceptors (Lipinski definition) is 3. The quantitative estimate of drug-likeness (QED) is 0.773. The Kier molecular flexibility index (Phi) is 4.51. The zero-order chi connectivity index (χ0) is 19.9. The van der Waals surface area contributed by atoms with Crippen molar-refractivity contribution in [3.63, 3.8) is 0 Å². The first-order chi connectivity index (χ1) is 12.6. The third-order valence-corrected chi connectivity index (χ3v) is 4.41. The van der Waals surface area contributed by atoms with E-state index in [4.69, 9.17) is 0 Å². The molecule has 3 rings (SSSR count). The second-order valence-electron chi connectivity index (χ2n) is 6.25. The van der Waals surface area contributed by atoms with Gasteiger partial charge in [-0.3, -0.25) is 19.3 Å². The van der Waals surface area contributed by atoms with Crippen molar-refractivity contribution >= 4 is 17.7 Å². The van der Waals surface area contributed by atoms with Crippen molar-refractivity contribution < 1.29 is 27.6 Å². The molecule has 1 aliphatic rings. The average molecular weight is 376 g/mol. The Labute approximate surface area is 153 Å². The van der Waals surface area contributed by atoms with E-state index in [-0.39, 0.29) is 28.8 Å². The molecule has 1 aliphatic heterocycles. The van der Waals surface area contributed by atoms with Gasteiger partial charge in [0.05, 0.1) is 16.7 Å². The van der Waals surface area contributed by atoms with Crippen LogP contribution in [0.25, 0.3) is 0 Å². The van der Waals surface area contributed by atoms with Crippen LogP contribution < -0.4 is 0 Å². The van der Waals surface area contributed by atoms with Crippen LogP contribution in [0.3, 0.4) is 0 Å². The predicted octanol–water partition coefficient (Wildman–Crippen LogP) is 3.20. The third-order valence-electron chi connectivity index (χ3n) is 4.41. The fourth-order valence-electron chi connectivity index (χ4n) is 2.98. The summed E-state index contributed by atoms with van der Waals surface area (Å²) in [6.45, 7) is -0.252. The molecule has 3 amide bonds. The van der Waals surface area contributed by atoms with Crippen LogP contribution in [0.2, 0.25) is 0 Å². The molecule has 0 aliphatic carbocycles. The van der Waals surface area contributed by atoms with Crippen LogP contribution in [0.5, 0.6) is 0 Å². The normalized spacial score (nSPS) is 13.7. The average Bonchev–Trinajstić information content (AvgIpc) is 2.84. The molecule has 0 bridgehead atoms. The van der Waals surface area contributed by atoms with Gasteiger partial charge in [-0.1, -0.05) is 18.2 Å². The number of halogens is 3. The van der Waals surface area contributed by atoms with E-state index in [0.29, 0.717) is 0 Å². The third kappa shape index (κ3) is 3.30. The van der Waals surface area contributed by atoms with Gasteiger partial charge in [-0.25, -0.2) is 0 Å². The van der Waals surface area contributed by atoms with Crippen LogP contribution >= 0.6 is 0 Å². The maximum atomic E-state index is 13.1. The minimum Gasteiger partial charge on any atom is -0.337 e. The molecule has 2 aromatic rings. The molecule has 0 atom stereocenters. The largest absolute Gasteiger partial charge is 0.416 e. The second kappa shape index (κ2) is 6.53. The van der Waals surface area contributed by atoms with Crippen LogP contribution in [-0.2, 0) is 12.7 Å². The second-order valence-corrected chi connectivity index (χ2v) is 6.25. The minimum atomic E-state index is -4.52. The van der Waals surface area contributed by atoms with E-state index in [9.17, 15) is 27.6 Å². The highest BCUT2D eigenvalue weighted by atomic mass is 19.4. The first-order valence-electron chi connectivity index (χ1n) is 7.98. The lowest BCUT2D eigenvalue weighted by Crippen LogP contribution is -2.27. The van der Waals surface area contributed by atoms with Gasteiger partial charge in [-0.05, 0) is 29.8 Å². The lowest BCUT2D eigenvalue weighted by atomic mass is 10.0. The Morgan fingerprint density at radius 1 is 1.04 bits per heavy atom. The standard InChI is InChI=1S/C19H15F3N2O3/c1-23(10-12-5-3-4-6-15(12)19(20,21)22)16(25)11-7-8-13-14(9-11)18(27)24(2)17(13)26/h3-9H,10H2,1-2H3. The summed E-state index contributed by atoms with van der Waals surface area (Å²) in [5.74, 6) is -1.53. The van der Waals surface area contributed by atoms with Crippen molar-refractivity contribution in [3.8, 4) is 0 Å². The molecule has 5 nitrogen and oxygen atoms in total. The van der Waals surface area contributed by atoms with Crippen LogP contribution in [0.15, 0.2) is 42.5 Å². The van der Waals surface area contributed by atoms with Crippen molar-refractivity contribution in [2.24, 2.45) is 0 Å². The van der Waals surface area contributed by atoms with Gasteiger partial charge in [0, 0.05) is 26.2 Å². The number of carbonyl (C=O) groups excluding carboxylic acids is 3. The van der Waals surface area contributed by atoms with E-state index in [0.717, 1.165) is 15.9 Å². The molecule has 8 heteroatoms. The first-order valence-corrected chi connectivity index (χ1v) is 7.98. The molecule has 1 heterocycles. The van der Waals surface area contributed by atoms with Crippen molar-refractivity contribution in [2.75, 3.05) is 14.1 Å². The Hall–Kier alpha value is -3.16. The summed E-state index contributed by atoms with van der Waals surface area (Å²) in [5.41, 5.74) is -0.409. The number of rotatable bonds is 3. The summed E-state index contributed by atoms with van der Waals surface area (Å²) in [6.07, 6.45) is -4.52. The number of benzene rings is 2. The molecule has 2 aromatic carbocycles. The lowest BCUT2D eigenvalue weighted by molar-refractivity contribution is -0.138. The number of alkyl halides is 3. The van der Waals surface area contributed by atoms with Crippen molar-refractivity contribution in [2.45, 2.75) is 12.7 Å². The van der Waals surface area contributed by atoms with Gasteiger partial charge >= 0.3 is 6.18 Å². The summed E-state index contributed by atoms with van der Waals surface area (Å²) in [7, 11) is 2.72. The van der Waals surface area contributed by atoms with E-state index in [1.54, 1.807) is 0 Å². The summed E-state index contributed by atoms with van der Waals surface area (Å²) in [5, 5.41) is 0. The molecule has 0 aromatic heterocycles. The van der Waals surface area contributed by atoms with E-state index < -0.39 is 29.5 Å². The highest BCUT2D eigenvalue weighted by molar-refractivity contribution is 6.21. The molecule has 140 valence electrons. The first kappa shape index (κ1) is 18.6. The zero-order valence-corrected chi connectivity index (χ0v) is 14.5. The molecule has 0 spiro atoms. The SMILES string of the molecule is CN(Cc1ccccc1C(F)(F)F)C(=O)c1ccc2c(c1)C(=O)N(C)C2=O. The molecule has 27 heavy (non-hydrogen) atoms. The van der Waals surface area contributed by atoms with Crippen molar-refractivity contribution in [1.82, 2.24) is 9.80 Å². The highest BCUT2D eigenvalue weighted by Gasteiger charge is 2.35. The zero-order valence-electron chi connectivity index (χ0n) is 14.5. The smallest absolute Gasteiger partial charge is 0.337 e. The molecular weight excluding hydrogens is 361 g/mol. The summed E-state index contributed by atoms with van der Waals surface area (Å²) >= 11 is 0. The van der Waals surface area contributed by atoms with E-state index in [1.165, 1.54) is 50.5 Å². The van der Waals surface area contributed by atoms with E-state index >= 15 is 0 Å². The molecule has 0 saturated carbocycles. The molecule has 0 radical (unpaired) electrons. The van der Waals surface area contributed by atoms with Gasteiger partial charge in [0.1, 0.15) is 0 Å². The van der Waals surface area contributed by atoms with Crippen LogP contribution in [0.1, 0.15) is 42.2 Å². The van der Waals surface area contributed by atoms with Crippen LogP contribution in [0, 0.1) is 0 Å². The summed E-state index contributed by atoms with van der Waals surface area (Å²) < 4.78 is 39.3. The highest BCUT2D eigenvalue weighted by Crippen LogP contribution is 2.32. The maximum Gasteiger partial charge on any atom is 0.416 e. The van der Waals surface area contributed by atoms with Gasteiger partial charge in [0.15, 0.2) is 0 Å². The predicted molar refractivity (Wildman–Crippen MR) is 90.1 cm³/mol. The molecule has 0 fully saturated rings. The van der Waals surface area contributed by atoms with E-state index in [2.05, 4.69) is 0 Å².